The molecule has 4 rings (SSSR count). The van der Waals surface area contributed by atoms with E-state index in [0.717, 1.165) is 41.5 Å². The molecule has 5 nitrogen and oxygen atoms in total. The van der Waals surface area contributed by atoms with Crippen molar-refractivity contribution < 1.29 is 9.59 Å². The van der Waals surface area contributed by atoms with E-state index < -0.39 is 0 Å². The van der Waals surface area contributed by atoms with Crippen molar-refractivity contribution in [3.8, 4) is 0 Å². The number of fused-ring (bicyclic) bond motifs is 2. The third kappa shape index (κ3) is 2.74. The second-order valence-corrected chi connectivity index (χ2v) is 7.87. The number of carbonyl (C=O) groups excluding carboxylic acids is 2. The maximum atomic E-state index is 13.0. The molecule has 2 unspecified atom stereocenters. The van der Waals surface area contributed by atoms with E-state index in [1.807, 2.05) is 37.1 Å². The Morgan fingerprint density at radius 3 is 2.61 bits per heavy atom. The predicted octanol–water partition coefficient (Wildman–Crippen LogP) is 1.83. The molecule has 1 aliphatic carbocycles. The number of nitrogens with zero attached hydrogens (tertiary/aromatic N) is 3. The van der Waals surface area contributed by atoms with Gasteiger partial charge in [0.1, 0.15) is 7.85 Å². The summed E-state index contributed by atoms with van der Waals surface area (Å²) < 4.78 is 1.67. The highest BCUT2D eigenvalue weighted by Gasteiger charge is 2.37. The van der Waals surface area contributed by atoms with Crippen LogP contribution in [0, 0.1) is 5.92 Å². The zero-order valence-electron chi connectivity index (χ0n) is 17.0. The first-order chi connectivity index (χ1) is 13.4. The van der Waals surface area contributed by atoms with Gasteiger partial charge in [-0.2, -0.15) is 0 Å². The van der Waals surface area contributed by atoms with Gasteiger partial charge in [0.2, 0.25) is 11.8 Å². The molecule has 144 valence electrons. The predicted molar refractivity (Wildman–Crippen MR) is 113 cm³/mol. The van der Waals surface area contributed by atoms with Crippen LogP contribution in [0.25, 0.3) is 16.5 Å². The van der Waals surface area contributed by atoms with Crippen LogP contribution >= 0.6 is 0 Å². The Morgan fingerprint density at radius 2 is 1.96 bits per heavy atom. The highest BCUT2D eigenvalue weighted by Crippen LogP contribution is 2.41. The maximum absolute atomic E-state index is 13.0. The zero-order chi connectivity index (χ0) is 20.2. The fourth-order valence-corrected chi connectivity index (χ4v) is 4.84. The molecule has 1 aromatic heterocycles. The SMILES string of the molecule is [B]c1ccc2c3c(cn(C(C)=O)c13)CC1C2=CC(C(=O)N(CC)CC)CN1C. The van der Waals surface area contributed by atoms with Crippen LogP contribution < -0.4 is 5.46 Å². The van der Waals surface area contributed by atoms with Gasteiger partial charge in [-0.3, -0.25) is 19.1 Å². The van der Waals surface area contributed by atoms with Crippen molar-refractivity contribution >= 4 is 41.6 Å². The minimum atomic E-state index is -0.153. The smallest absolute Gasteiger partial charge is 0.230 e. The minimum absolute atomic E-state index is 0.0399. The Labute approximate surface area is 167 Å². The quantitative estimate of drug-likeness (QED) is 0.769. The van der Waals surface area contributed by atoms with E-state index >= 15 is 0 Å². The van der Waals surface area contributed by atoms with Gasteiger partial charge in [0.15, 0.2) is 0 Å². The Bertz CT molecular complexity index is 1000. The molecule has 0 N–H and O–H groups in total. The zero-order valence-corrected chi connectivity index (χ0v) is 17.0. The summed E-state index contributed by atoms with van der Waals surface area (Å²) >= 11 is 0. The van der Waals surface area contributed by atoms with Gasteiger partial charge in [-0.15, -0.1) is 0 Å². The van der Waals surface area contributed by atoms with E-state index in [1.54, 1.807) is 11.5 Å². The van der Waals surface area contributed by atoms with Gasteiger partial charge >= 0.3 is 0 Å². The highest BCUT2D eigenvalue weighted by atomic mass is 16.2. The average Bonchev–Trinajstić information content (AvgIpc) is 3.06. The second-order valence-electron chi connectivity index (χ2n) is 7.87. The van der Waals surface area contributed by atoms with Crippen LogP contribution in [0.1, 0.15) is 36.7 Å². The first-order valence-corrected chi connectivity index (χ1v) is 10.0. The lowest BCUT2D eigenvalue weighted by Crippen LogP contribution is -2.47. The normalized spacial score (nSPS) is 21.4. The molecule has 1 amide bonds. The summed E-state index contributed by atoms with van der Waals surface area (Å²) in [6, 6.07) is 4.13. The lowest BCUT2D eigenvalue weighted by atomic mass is 9.78. The molecule has 2 atom stereocenters. The third-order valence-electron chi connectivity index (χ3n) is 6.27. The molecule has 0 fully saturated rings. The summed E-state index contributed by atoms with van der Waals surface area (Å²) in [5, 5.41) is 1.06. The molecule has 1 aliphatic heterocycles. The number of aromatic nitrogens is 1. The molecular formula is C22H26BN3O2. The molecule has 2 radical (unpaired) electrons. The Hall–Kier alpha value is -2.34. The lowest BCUT2D eigenvalue weighted by Gasteiger charge is -2.40. The largest absolute Gasteiger partial charge is 0.343 e. The molecule has 2 aromatic rings. The van der Waals surface area contributed by atoms with Gasteiger partial charge in [0, 0.05) is 49.7 Å². The average molecular weight is 375 g/mol. The molecule has 0 saturated carbocycles. The third-order valence-corrected chi connectivity index (χ3v) is 6.27. The fourth-order valence-electron chi connectivity index (χ4n) is 4.84. The van der Waals surface area contributed by atoms with Crippen molar-refractivity contribution in [3.63, 3.8) is 0 Å². The van der Waals surface area contributed by atoms with Gasteiger partial charge in [0.25, 0.3) is 0 Å². The summed E-state index contributed by atoms with van der Waals surface area (Å²) in [6.07, 6.45) is 4.91. The molecule has 28 heavy (non-hydrogen) atoms. The van der Waals surface area contributed by atoms with Crippen molar-refractivity contribution in [1.29, 1.82) is 0 Å². The van der Waals surface area contributed by atoms with Crippen molar-refractivity contribution in [2.24, 2.45) is 5.92 Å². The Morgan fingerprint density at radius 1 is 1.25 bits per heavy atom. The van der Waals surface area contributed by atoms with Crippen molar-refractivity contribution in [2.75, 3.05) is 26.7 Å². The number of amides is 1. The van der Waals surface area contributed by atoms with E-state index in [4.69, 9.17) is 7.85 Å². The molecular weight excluding hydrogens is 349 g/mol. The number of carbonyl (C=O) groups is 2. The molecule has 0 spiro atoms. The number of hydrogen-bond donors (Lipinski definition) is 0. The monoisotopic (exact) mass is 375 g/mol. The van der Waals surface area contributed by atoms with Crippen molar-refractivity contribution in [3.05, 3.63) is 35.5 Å². The topological polar surface area (TPSA) is 45.6 Å². The highest BCUT2D eigenvalue weighted by molar-refractivity contribution is 6.39. The fraction of sp³-hybridized carbons (Fsp3) is 0.455. The van der Waals surface area contributed by atoms with Crippen molar-refractivity contribution in [2.45, 2.75) is 33.2 Å². The summed E-state index contributed by atoms with van der Waals surface area (Å²) in [6.45, 7) is 7.75. The van der Waals surface area contributed by atoms with Crippen LogP contribution in [0.5, 0.6) is 0 Å². The van der Waals surface area contributed by atoms with Gasteiger partial charge in [-0.05, 0) is 44.0 Å². The standard InChI is InChI=1S/C22H26BN3O2/c1-5-25(6-2)22(28)15-9-17-16-7-8-18(23)21-20(16)14(12-26(21)13(3)27)10-19(17)24(4)11-15/h7-9,12,15,19H,5-6,10-11H2,1-4H3. The molecule has 0 saturated heterocycles. The molecule has 0 bridgehead atoms. The molecule has 2 aliphatic rings. The van der Waals surface area contributed by atoms with E-state index in [2.05, 4.69) is 18.0 Å². The van der Waals surface area contributed by atoms with Crippen LogP contribution in [0.15, 0.2) is 24.4 Å². The summed E-state index contributed by atoms with van der Waals surface area (Å²) in [5.41, 5.74) is 4.82. The van der Waals surface area contributed by atoms with Gasteiger partial charge in [0.05, 0.1) is 5.92 Å². The number of benzene rings is 1. The van der Waals surface area contributed by atoms with E-state index in [-0.39, 0.29) is 23.8 Å². The second kappa shape index (κ2) is 6.92. The lowest BCUT2D eigenvalue weighted by molar-refractivity contribution is -0.134. The van der Waals surface area contributed by atoms with E-state index in [9.17, 15) is 9.59 Å². The number of rotatable bonds is 3. The number of likely N-dealkylation sites (N-methyl/N-ethyl adjacent to an activating group) is 1. The van der Waals surface area contributed by atoms with Crippen LogP contribution in [-0.4, -0.2) is 66.8 Å². The minimum Gasteiger partial charge on any atom is -0.343 e. The molecule has 6 heteroatoms. The summed E-state index contributed by atoms with van der Waals surface area (Å²) in [7, 11) is 8.32. The Kier molecular flexibility index (Phi) is 4.70. The van der Waals surface area contributed by atoms with Crippen LogP contribution in [0.3, 0.4) is 0 Å². The van der Waals surface area contributed by atoms with Crippen LogP contribution in [0.2, 0.25) is 0 Å². The van der Waals surface area contributed by atoms with Gasteiger partial charge in [-0.1, -0.05) is 23.7 Å². The molecule has 1 aromatic carbocycles. The maximum Gasteiger partial charge on any atom is 0.230 e. The van der Waals surface area contributed by atoms with Crippen LogP contribution in [0.4, 0.5) is 0 Å². The van der Waals surface area contributed by atoms with Crippen LogP contribution in [-0.2, 0) is 11.2 Å². The molecule has 2 heterocycles. The first kappa shape index (κ1) is 19.0. The summed E-state index contributed by atoms with van der Waals surface area (Å²) in [4.78, 5) is 29.3. The first-order valence-electron chi connectivity index (χ1n) is 10.0. The Balaban J connectivity index is 1.88. The van der Waals surface area contributed by atoms with Crippen molar-refractivity contribution in [1.82, 2.24) is 14.4 Å². The van der Waals surface area contributed by atoms with Gasteiger partial charge in [-0.25, -0.2) is 0 Å². The van der Waals surface area contributed by atoms with E-state index in [1.165, 1.54) is 5.57 Å². The summed E-state index contributed by atoms with van der Waals surface area (Å²) in [5.74, 6) is -0.0105. The van der Waals surface area contributed by atoms with Gasteiger partial charge < -0.3 is 4.90 Å². The number of hydrogen-bond acceptors (Lipinski definition) is 3. The van der Waals surface area contributed by atoms with E-state index in [0.29, 0.717) is 12.0 Å².